The normalized spacial score (nSPS) is 11.8. The van der Waals surface area contributed by atoms with Gasteiger partial charge in [-0.1, -0.05) is 22.5 Å². The second-order valence-electron chi connectivity index (χ2n) is 4.52. The van der Waals surface area contributed by atoms with Gasteiger partial charge in [0.05, 0.1) is 12.1 Å². The van der Waals surface area contributed by atoms with E-state index >= 15 is 0 Å². The first kappa shape index (κ1) is 12.2. The van der Waals surface area contributed by atoms with E-state index < -0.39 is 0 Å². The van der Waals surface area contributed by atoms with Crippen LogP contribution in [0.3, 0.4) is 0 Å². The molecule has 0 N–H and O–H groups in total. The molecule has 0 fully saturated rings. The molecule has 0 radical (unpaired) electrons. The summed E-state index contributed by atoms with van der Waals surface area (Å²) in [7, 11) is 0. The van der Waals surface area contributed by atoms with Gasteiger partial charge in [0.25, 0.3) is 0 Å². The molecule has 15 heavy (non-hydrogen) atoms. The molecule has 0 amide bonds. The first-order valence-electron chi connectivity index (χ1n) is 4.73. The lowest BCUT2D eigenvalue weighted by molar-refractivity contribution is 0.340. The Hall–Kier alpha value is -0.840. The van der Waals surface area contributed by atoms with Crippen LogP contribution in [-0.2, 0) is 12.1 Å². The third-order valence-corrected chi connectivity index (χ3v) is 2.26. The van der Waals surface area contributed by atoms with Gasteiger partial charge in [0.1, 0.15) is 5.82 Å². The minimum Gasteiger partial charge on any atom is -0.274 e. The number of rotatable bonds is 2. The van der Waals surface area contributed by atoms with Crippen LogP contribution in [0.25, 0.3) is 0 Å². The Morgan fingerprint density at radius 2 is 2.07 bits per heavy atom. The van der Waals surface area contributed by atoms with Gasteiger partial charge in [0.15, 0.2) is 0 Å². The van der Waals surface area contributed by atoms with Crippen LogP contribution >= 0.6 is 15.9 Å². The third kappa shape index (κ3) is 2.59. The zero-order valence-corrected chi connectivity index (χ0v) is 11.1. The van der Waals surface area contributed by atoms with Crippen molar-refractivity contribution in [1.82, 2.24) is 14.3 Å². The highest BCUT2D eigenvalue weighted by molar-refractivity contribution is 9.11. The van der Waals surface area contributed by atoms with E-state index in [1.807, 2.05) is 27.7 Å². The van der Waals surface area contributed by atoms with Crippen molar-refractivity contribution in [3.8, 4) is 0 Å². The minimum atomic E-state index is -0.291. The van der Waals surface area contributed by atoms with E-state index in [-0.39, 0.29) is 11.2 Å². The van der Waals surface area contributed by atoms with E-state index in [2.05, 4.69) is 27.6 Å². The maximum Gasteiger partial charge on any atom is 0.346 e. The summed E-state index contributed by atoms with van der Waals surface area (Å²) in [4.78, 5) is 12.0. The second-order valence-corrected chi connectivity index (χ2v) is 5.64. The van der Waals surface area contributed by atoms with Gasteiger partial charge >= 0.3 is 5.69 Å². The molecule has 1 aromatic rings. The zero-order chi connectivity index (χ0) is 11.8. The molecule has 0 spiro atoms. The highest BCUT2D eigenvalue weighted by Gasteiger charge is 2.20. The molecule has 4 nitrogen and oxygen atoms in total. The molecule has 0 aromatic carbocycles. The van der Waals surface area contributed by atoms with E-state index in [9.17, 15) is 4.79 Å². The van der Waals surface area contributed by atoms with Gasteiger partial charge in [-0.2, -0.15) is 5.10 Å². The largest absolute Gasteiger partial charge is 0.346 e. The van der Waals surface area contributed by atoms with Crippen molar-refractivity contribution >= 4 is 15.9 Å². The van der Waals surface area contributed by atoms with Gasteiger partial charge in [-0.15, -0.1) is 0 Å². The molecular formula is C10H16BrN3O. The first-order chi connectivity index (χ1) is 6.73. The van der Waals surface area contributed by atoms with E-state index in [1.54, 1.807) is 4.57 Å². The number of nitrogens with zero attached hydrogens (tertiary/aromatic N) is 3. The van der Waals surface area contributed by atoms with Crippen LogP contribution in [0.5, 0.6) is 0 Å². The first-order valence-corrected chi connectivity index (χ1v) is 5.53. The van der Waals surface area contributed by atoms with E-state index in [0.717, 1.165) is 4.48 Å². The molecule has 0 atom stereocenters. The summed E-state index contributed by atoms with van der Waals surface area (Å²) >= 11 is 3.25. The summed E-state index contributed by atoms with van der Waals surface area (Å²) in [5, 5.41) is 4.24. The fourth-order valence-electron chi connectivity index (χ4n) is 1.28. The van der Waals surface area contributed by atoms with Crippen LogP contribution < -0.4 is 5.69 Å². The SMILES string of the molecule is C=C(Br)Cn1c(C)nn(C(C)(C)C)c1=O. The van der Waals surface area contributed by atoms with Gasteiger partial charge in [0.2, 0.25) is 0 Å². The van der Waals surface area contributed by atoms with Crippen molar-refractivity contribution < 1.29 is 0 Å². The average molecular weight is 274 g/mol. The molecule has 0 bridgehead atoms. The van der Waals surface area contributed by atoms with Crippen LogP contribution in [0.1, 0.15) is 26.6 Å². The van der Waals surface area contributed by atoms with Crippen molar-refractivity contribution in [2.24, 2.45) is 0 Å². The van der Waals surface area contributed by atoms with Crippen molar-refractivity contribution in [2.75, 3.05) is 0 Å². The quantitative estimate of drug-likeness (QED) is 0.827. The molecule has 0 saturated heterocycles. The predicted molar refractivity (Wildman–Crippen MR) is 64.3 cm³/mol. The Morgan fingerprint density at radius 3 is 2.40 bits per heavy atom. The van der Waals surface area contributed by atoms with E-state index in [0.29, 0.717) is 12.4 Å². The Labute approximate surface area is 97.7 Å². The van der Waals surface area contributed by atoms with Crippen LogP contribution in [0.4, 0.5) is 0 Å². The zero-order valence-electron chi connectivity index (χ0n) is 9.54. The summed E-state index contributed by atoms with van der Waals surface area (Å²) in [6.07, 6.45) is 0. The lowest BCUT2D eigenvalue weighted by Gasteiger charge is -2.16. The second kappa shape index (κ2) is 3.96. The Bertz CT molecular complexity index is 437. The smallest absolute Gasteiger partial charge is 0.274 e. The van der Waals surface area contributed by atoms with Crippen molar-refractivity contribution in [3.05, 3.63) is 27.4 Å². The summed E-state index contributed by atoms with van der Waals surface area (Å²) < 4.78 is 3.86. The van der Waals surface area contributed by atoms with Crippen LogP contribution in [0, 0.1) is 6.92 Å². The molecule has 1 rings (SSSR count). The van der Waals surface area contributed by atoms with Crippen molar-refractivity contribution in [3.63, 3.8) is 0 Å². The Kier molecular flexibility index (Phi) is 3.23. The highest BCUT2D eigenvalue weighted by atomic mass is 79.9. The number of hydrogen-bond acceptors (Lipinski definition) is 2. The molecule has 5 heteroatoms. The lowest BCUT2D eigenvalue weighted by atomic mass is 10.1. The minimum absolute atomic E-state index is 0.0967. The van der Waals surface area contributed by atoms with Gasteiger partial charge < -0.3 is 0 Å². The molecule has 0 unspecified atom stereocenters. The molecule has 1 heterocycles. The monoisotopic (exact) mass is 273 g/mol. The fraction of sp³-hybridized carbons (Fsp3) is 0.600. The number of allylic oxidation sites excluding steroid dienone is 1. The van der Waals surface area contributed by atoms with Crippen molar-refractivity contribution in [2.45, 2.75) is 39.8 Å². The van der Waals surface area contributed by atoms with E-state index in [1.165, 1.54) is 4.68 Å². The highest BCUT2D eigenvalue weighted by Crippen LogP contribution is 2.11. The standard InChI is InChI=1S/C10H16BrN3O/c1-7(11)6-13-8(2)12-14(9(13)15)10(3,4)5/h1,6H2,2-5H3. The summed E-state index contributed by atoms with van der Waals surface area (Å²) in [6.45, 7) is 11.9. The number of hydrogen-bond donors (Lipinski definition) is 0. The third-order valence-electron chi connectivity index (χ3n) is 2.01. The molecule has 1 aromatic heterocycles. The molecular weight excluding hydrogens is 258 g/mol. The van der Waals surface area contributed by atoms with E-state index in [4.69, 9.17) is 0 Å². The van der Waals surface area contributed by atoms with Gasteiger partial charge in [-0.3, -0.25) is 4.57 Å². The number of aromatic nitrogens is 3. The summed E-state index contributed by atoms with van der Waals surface area (Å²) in [6, 6.07) is 0. The predicted octanol–water partition coefficient (Wildman–Crippen LogP) is 2.02. The van der Waals surface area contributed by atoms with Gasteiger partial charge in [-0.05, 0) is 27.7 Å². The maximum atomic E-state index is 12.0. The van der Waals surface area contributed by atoms with Gasteiger partial charge in [0, 0.05) is 4.48 Å². The fourth-order valence-corrected chi connectivity index (χ4v) is 1.54. The van der Waals surface area contributed by atoms with Crippen molar-refractivity contribution in [1.29, 1.82) is 0 Å². The van der Waals surface area contributed by atoms with Gasteiger partial charge in [-0.25, -0.2) is 9.48 Å². The lowest BCUT2D eigenvalue weighted by Crippen LogP contribution is -2.35. The van der Waals surface area contributed by atoms with Crippen LogP contribution in [-0.4, -0.2) is 14.3 Å². The maximum absolute atomic E-state index is 12.0. The topological polar surface area (TPSA) is 39.8 Å². The Morgan fingerprint density at radius 1 is 1.53 bits per heavy atom. The number of aryl methyl sites for hydroxylation is 1. The summed E-state index contributed by atoms with van der Waals surface area (Å²) in [5.74, 6) is 0.704. The Balaban J connectivity index is 3.27. The molecule has 0 aliphatic carbocycles. The number of halogens is 1. The van der Waals surface area contributed by atoms with Crippen LogP contribution in [0.15, 0.2) is 15.9 Å². The summed E-state index contributed by atoms with van der Waals surface area (Å²) in [5.41, 5.74) is -0.388. The average Bonchev–Trinajstić information content (AvgIpc) is 2.30. The molecule has 84 valence electrons. The molecule has 0 aliphatic heterocycles. The molecule has 0 saturated carbocycles. The molecule has 0 aliphatic rings. The van der Waals surface area contributed by atoms with Crippen LogP contribution in [0.2, 0.25) is 0 Å².